The highest BCUT2D eigenvalue weighted by molar-refractivity contribution is 5.82. The number of para-hydroxylation sites is 2. The Balaban J connectivity index is 1.46. The van der Waals surface area contributed by atoms with Crippen molar-refractivity contribution in [2.45, 2.75) is 31.2 Å². The number of nitrogens with one attached hydrogen (secondary N) is 3. The molecule has 0 aromatic heterocycles. The third-order valence-electron chi connectivity index (χ3n) is 4.72. The number of halogens is 1. The summed E-state index contributed by atoms with van der Waals surface area (Å²) in [5.74, 6) is 0.596. The lowest BCUT2D eigenvalue weighted by molar-refractivity contribution is -0.131. The summed E-state index contributed by atoms with van der Waals surface area (Å²) in [5.41, 5.74) is 7.15. The van der Waals surface area contributed by atoms with Crippen LogP contribution in [0.4, 0.5) is 4.39 Å². The van der Waals surface area contributed by atoms with E-state index in [1.165, 1.54) is 12.1 Å². The molecule has 2 heterocycles. The molecule has 3 N–H and O–H groups in total. The molecule has 2 aliphatic heterocycles. The van der Waals surface area contributed by atoms with E-state index in [0.717, 1.165) is 5.56 Å². The van der Waals surface area contributed by atoms with Crippen LogP contribution < -0.4 is 25.6 Å². The van der Waals surface area contributed by atoms with Crippen molar-refractivity contribution in [3.8, 4) is 11.5 Å². The largest absolute Gasteiger partial charge is 0.485 e. The van der Waals surface area contributed by atoms with E-state index in [2.05, 4.69) is 16.2 Å². The normalized spacial score (nSPS) is 27.2. The zero-order chi connectivity index (χ0) is 18.1. The molecule has 0 radical (unpaired) electrons. The molecule has 1 fully saturated rings. The molecule has 26 heavy (non-hydrogen) atoms. The first-order chi connectivity index (χ1) is 12.6. The van der Waals surface area contributed by atoms with Crippen LogP contribution in [0.1, 0.15) is 18.4 Å². The summed E-state index contributed by atoms with van der Waals surface area (Å²) in [6, 6.07) is 13.6. The van der Waals surface area contributed by atoms with E-state index in [0.29, 0.717) is 11.5 Å². The molecule has 1 saturated heterocycles. The molecule has 4 atom stereocenters. The highest BCUT2D eigenvalue weighted by Gasteiger charge is 2.37. The van der Waals surface area contributed by atoms with Crippen LogP contribution >= 0.6 is 0 Å². The molecular formula is C19H20FN3O3. The van der Waals surface area contributed by atoms with Gasteiger partial charge in [-0.3, -0.25) is 10.2 Å². The van der Waals surface area contributed by atoms with Crippen LogP contribution in [0.2, 0.25) is 0 Å². The first-order valence-corrected chi connectivity index (χ1v) is 8.57. The second-order valence-electron chi connectivity index (χ2n) is 6.51. The van der Waals surface area contributed by atoms with Gasteiger partial charge in [-0.15, -0.1) is 0 Å². The maximum absolute atomic E-state index is 13.2. The van der Waals surface area contributed by atoms with Gasteiger partial charge in [-0.25, -0.2) is 9.82 Å². The maximum Gasteiger partial charge on any atom is 0.265 e. The minimum atomic E-state index is -0.725. The predicted molar refractivity (Wildman–Crippen MR) is 93.2 cm³/mol. The Morgan fingerprint density at radius 2 is 1.85 bits per heavy atom. The lowest BCUT2D eigenvalue weighted by Crippen LogP contribution is -2.52. The van der Waals surface area contributed by atoms with Gasteiger partial charge in [-0.05, 0) is 36.8 Å². The third-order valence-corrected chi connectivity index (χ3v) is 4.72. The van der Waals surface area contributed by atoms with E-state index in [-0.39, 0.29) is 36.5 Å². The van der Waals surface area contributed by atoms with E-state index >= 15 is 0 Å². The second kappa shape index (κ2) is 6.93. The zero-order valence-electron chi connectivity index (χ0n) is 14.2. The van der Waals surface area contributed by atoms with Crippen molar-refractivity contribution >= 4 is 5.91 Å². The van der Waals surface area contributed by atoms with E-state index < -0.39 is 6.10 Å². The Bertz CT molecular complexity index is 799. The van der Waals surface area contributed by atoms with Crippen LogP contribution in [0.5, 0.6) is 11.5 Å². The number of benzene rings is 2. The molecule has 4 rings (SSSR count). The van der Waals surface area contributed by atoms with Crippen molar-refractivity contribution in [1.82, 2.24) is 16.2 Å². The molecule has 0 bridgehead atoms. The fourth-order valence-corrected chi connectivity index (χ4v) is 3.38. The van der Waals surface area contributed by atoms with E-state index in [1.807, 2.05) is 19.1 Å². The summed E-state index contributed by atoms with van der Waals surface area (Å²) in [6.45, 7) is 2.16. The summed E-state index contributed by atoms with van der Waals surface area (Å²) >= 11 is 0. The number of hydrogen-bond acceptors (Lipinski definition) is 5. The zero-order valence-corrected chi connectivity index (χ0v) is 14.2. The quantitative estimate of drug-likeness (QED) is 0.780. The fraction of sp³-hybridized carbons (Fsp3) is 0.316. The highest BCUT2D eigenvalue weighted by atomic mass is 19.1. The van der Waals surface area contributed by atoms with Gasteiger partial charge in [0, 0.05) is 12.0 Å². The van der Waals surface area contributed by atoms with Crippen LogP contribution in [0.15, 0.2) is 48.5 Å². The van der Waals surface area contributed by atoms with Gasteiger partial charge < -0.3 is 14.8 Å². The van der Waals surface area contributed by atoms with E-state index in [9.17, 15) is 9.18 Å². The van der Waals surface area contributed by atoms with Crippen molar-refractivity contribution in [2.24, 2.45) is 0 Å². The Hall–Kier alpha value is -2.64. The molecule has 4 unspecified atom stereocenters. The lowest BCUT2D eigenvalue weighted by Gasteiger charge is -2.28. The number of rotatable bonds is 3. The van der Waals surface area contributed by atoms with E-state index in [4.69, 9.17) is 9.47 Å². The topological polar surface area (TPSA) is 71.6 Å². The fourth-order valence-electron chi connectivity index (χ4n) is 3.38. The van der Waals surface area contributed by atoms with Gasteiger partial charge in [0.05, 0.1) is 0 Å². The van der Waals surface area contributed by atoms with Crippen molar-refractivity contribution in [3.63, 3.8) is 0 Å². The number of carbonyl (C=O) groups is 1. The monoisotopic (exact) mass is 357 g/mol. The molecular weight excluding hydrogens is 337 g/mol. The number of amides is 1. The predicted octanol–water partition coefficient (Wildman–Crippen LogP) is 1.69. The Morgan fingerprint density at radius 1 is 1.12 bits per heavy atom. The second-order valence-corrected chi connectivity index (χ2v) is 6.51. The van der Waals surface area contributed by atoms with Gasteiger partial charge in [-0.2, -0.15) is 0 Å². The molecule has 0 saturated carbocycles. The maximum atomic E-state index is 13.2. The first-order valence-electron chi connectivity index (χ1n) is 8.57. The van der Waals surface area contributed by atoms with Gasteiger partial charge in [0.25, 0.3) is 5.91 Å². The van der Waals surface area contributed by atoms with Crippen molar-refractivity contribution in [3.05, 3.63) is 59.9 Å². The van der Waals surface area contributed by atoms with Gasteiger partial charge in [-0.1, -0.05) is 24.3 Å². The Morgan fingerprint density at radius 3 is 2.62 bits per heavy atom. The Labute approximate surface area is 150 Å². The molecule has 6 nitrogen and oxygen atoms in total. The van der Waals surface area contributed by atoms with Crippen LogP contribution in [0, 0.1) is 5.82 Å². The smallest absolute Gasteiger partial charge is 0.265 e. The van der Waals surface area contributed by atoms with Crippen LogP contribution in [-0.2, 0) is 4.79 Å². The minimum absolute atomic E-state index is 0.0451. The minimum Gasteiger partial charge on any atom is -0.485 e. The lowest BCUT2D eigenvalue weighted by atomic mass is 9.91. The van der Waals surface area contributed by atoms with Gasteiger partial charge in [0.2, 0.25) is 6.10 Å². The summed E-state index contributed by atoms with van der Waals surface area (Å²) in [6.07, 6.45) is -1.07. The average molecular weight is 357 g/mol. The standard InChI is InChI=1S/C19H20FN3O3/c1-11-17(12-6-8-13(20)9-7-12)18(23-22-11)21-19(24)16-10-25-14-4-2-3-5-15(14)26-16/h2-9,11,16-18,22-23H,10H2,1H3,(H,21,24). The SMILES string of the molecule is CC1NNC(NC(=O)C2COc3ccccc3O2)C1c1ccc(F)cc1. The van der Waals surface area contributed by atoms with Crippen LogP contribution in [-0.4, -0.2) is 30.8 Å². The van der Waals surface area contributed by atoms with Gasteiger partial charge in [0.15, 0.2) is 11.5 Å². The number of hydrazine groups is 1. The third kappa shape index (κ3) is 3.23. The molecule has 2 aromatic carbocycles. The summed E-state index contributed by atoms with van der Waals surface area (Å²) < 4.78 is 24.6. The molecule has 2 aliphatic rings. The summed E-state index contributed by atoms with van der Waals surface area (Å²) in [7, 11) is 0. The van der Waals surface area contributed by atoms with Crippen LogP contribution in [0.25, 0.3) is 0 Å². The van der Waals surface area contributed by atoms with Crippen molar-refractivity contribution in [2.75, 3.05) is 6.61 Å². The van der Waals surface area contributed by atoms with Crippen molar-refractivity contribution in [1.29, 1.82) is 0 Å². The van der Waals surface area contributed by atoms with Crippen molar-refractivity contribution < 1.29 is 18.7 Å². The first kappa shape index (κ1) is 16.8. The number of fused-ring (bicyclic) bond motifs is 1. The Kier molecular flexibility index (Phi) is 4.48. The summed E-state index contributed by atoms with van der Waals surface area (Å²) in [4.78, 5) is 12.7. The molecule has 0 spiro atoms. The van der Waals surface area contributed by atoms with Gasteiger partial charge >= 0.3 is 0 Å². The average Bonchev–Trinajstić information content (AvgIpc) is 3.02. The number of carbonyl (C=O) groups excluding carboxylic acids is 1. The van der Waals surface area contributed by atoms with Crippen LogP contribution in [0.3, 0.4) is 0 Å². The summed E-state index contributed by atoms with van der Waals surface area (Å²) in [5, 5.41) is 2.96. The highest BCUT2D eigenvalue weighted by Crippen LogP contribution is 2.31. The molecule has 136 valence electrons. The molecule has 2 aromatic rings. The van der Waals surface area contributed by atoms with Gasteiger partial charge in [0.1, 0.15) is 18.6 Å². The van der Waals surface area contributed by atoms with E-state index in [1.54, 1.807) is 24.3 Å². The molecule has 1 amide bonds. The number of hydrogen-bond donors (Lipinski definition) is 3. The molecule has 0 aliphatic carbocycles. The number of ether oxygens (including phenoxy) is 2. The molecule has 7 heteroatoms.